The van der Waals surface area contributed by atoms with Crippen LogP contribution in [-0.4, -0.2) is 18.4 Å². The van der Waals surface area contributed by atoms with Crippen molar-refractivity contribution in [2.24, 2.45) is 16.3 Å². The number of rotatable bonds is 3. The van der Waals surface area contributed by atoms with Gasteiger partial charge in [-0.2, -0.15) is 5.26 Å². The Balaban J connectivity index is 1.93. The summed E-state index contributed by atoms with van der Waals surface area (Å²) in [5.41, 5.74) is 2.82. The molecule has 0 fully saturated rings. The molecule has 1 heterocycles. The third-order valence-corrected chi connectivity index (χ3v) is 6.64. The lowest BCUT2D eigenvalue weighted by Gasteiger charge is -2.33. The number of nitriles is 1. The van der Waals surface area contributed by atoms with Crippen molar-refractivity contribution >= 4 is 34.2 Å². The van der Waals surface area contributed by atoms with Gasteiger partial charge in [0.2, 0.25) is 0 Å². The smallest absolute Gasteiger partial charge is 0.176 e. The highest BCUT2D eigenvalue weighted by molar-refractivity contribution is 7.16. The van der Waals surface area contributed by atoms with E-state index in [0.717, 1.165) is 29.8 Å². The molecule has 1 aliphatic rings. The predicted octanol–water partition coefficient (Wildman–Crippen LogP) is 5.89. The van der Waals surface area contributed by atoms with Gasteiger partial charge in [-0.25, -0.2) is 4.99 Å². The number of hydrogen-bond donors (Lipinski definition) is 1. The van der Waals surface area contributed by atoms with Crippen molar-refractivity contribution < 1.29 is 9.84 Å². The fraction of sp³-hybridized carbons (Fsp3) is 0.429. The van der Waals surface area contributed by atoms with Crippen LogP contribution in [0.5, 0.6) is 11.5 Å². The van der Waals surface area contributed by atoms with Crippen LogP contribution in [0.4, 0.5) is 5.00 Å². The van der Waals surface area contributed by atoms with E-state index in [2.05, 4.69) is 31.8 Å². The van der Waals surface area contributed by atoms with Crippen molar-refractivity contribution in [2.45, 2.75) is 40.0 Å². The van der Waals surface area contributed by atoms with Gasteiger partial charge in [-0.1, -0.05) is 32.4 Å². The number of phenols is 1. The molecule has 2 aromatic rings. The molecule has 0 amide bonds. The van der Waals surface area contributed by atoms with E-state index in [0.29, 0.717) is 22.8 Å². The summed E-state index contributed by atoms with van der Waals surface area (Å²) in [5, 5.41) is 20.4. The number of methoxy groups -OCH3 is 1. The van der Waals surface area contributed by atoms with Gasteiger partial charge in [-0.3, -0.25) is 0 Å². The molecule has 0 bridgehead atoms. The van der Waals surface area contributed by atoms with E-state index < -0.39 is 0 Å². The number of phenolic OH excluding ortho intramolecular Hbond substituents is 1. The van der Waals surface area contributed by atoms with E-state index in [4.69, 9.17) is 16.3 Å². The summed E-state index contributed by atoms with van der Waals surface area (Å²) in [6, 6.07) is 5.63. The molecular formula is C21H23ClN2O2S. The summed E-state index contributed by atoms with van der Waals surface area (Å²) in [5.74, 6) is 0.823. The van der Waals surface area contributed by atoms with E-state index in [-0.39, 0.29) is 16.2 Å². The highest BCUT2D eigenvalue weighted by atomic mass is 35.5. The SMILES string of the molecule is COc1cc(/C=N/c2sc3c(c2C#N)CC[C@@H](C(C)(C)C)C3)cc(Cl)c1O. The number of thiophene rings is 1. The molecule has 6 heteroatoms. The number of ether oxygens (including phenoxy) is 1. The first-order valence-corrected chi connectivity index (χ1v) is 10.1. The Morgan fingerprint density at radius 2 is 2.15 bits per heavy atom. The zero-order valence-corrected chi connectivity index (χ0v) is 17.5. The van der Waals surface area contributed by atoms with Gasteiger partial charge in [-0.05, 0) is 53.9 Å². The molecule has 1 N–H and O–H groups in total. The topological polar surface area (TPSA) is 65.6 Å². The van der Waals surface area contributed by atoms with Crippen molar-refractivity contribution in [3.8, 4) is 17.6 Å². The first-order valence-electron chi connectivity index (χ1n) is 8.89. The maximum atomic E-state index is 9.85. The van der Waals surface area contributed by atoms with Crippen LogP contribution < -0.4 is 4.74 Å². The van der Waals surface area contributed by atoms with E-state index >= 15 is 0 Å². The van der Waals surface area contributed by atoms with E-state index in [1.165, 1.54) is 12.0 Å². The summed E-state index contributed by atoms with van der Waals surface area (Å²) >= 11 is 7.65. The van der Waals surface area contributed by atoms with E-state index in [1.807, 2.05) is 0 Å². The molecule has 27 heavy (non-hydrogen) atoms. The normalized spacial score (nSPS) is 17.0. The van der Waals surface area contributed by atoms with Crippen LogP contribution in [0.3, 0.4) is 0 Å². The molecular weight excluding hydrogens is 380 g/mol. The fourth-order valence-electron chi connectivity index (χ4n) is 3.47. The van der Waals surface area contributed by atoms with E-state index in [9.17, 15) is 10.4 Å². The zero-order chi connectivity index (χ0) is 19.8. The fourth-order valence-corrected chi connectivity index (χ4v) is 4.91. The van der Waals surface area contributed by atoms with Crippen LogP contribution >= 0.6 is 22.9 Å². The predicted molar refractivity (Wildman–Crippen MR) is 111 cm³/mol. The molecule has 3 rings (SSSR count). The van der Waals surface area contributed by atoms with Gasteiger partial charge in [0.05, 0.1) is 17.7 Å². The number of hydrogen-bond acceptors (Lipinski definition) is 5. The molecule has 1 atom stereocenters. The van der Waals surface area contributed by atoms with Crippen LogP contribution in [0.1, 0.15) is 48.8 Å². The van der Waals surface area contributed by atoms with Crippen LogP contribution in [0, 0.1) is 22.7 Å². The van der Waals surface area contributed by atoms with Gasteiger partial charge < -0.3 is 9.84 Å². The standard InChI is InChI=1S/C21H23ClN2O2S/c1-21(2,3)13-5-6-14-15(10-23)20(27-18(14)9-13)24-11-12-7-16(22)19(25)17(8-12)26-4/h7-8,11,13,25H,5-6,9H2,1-4H3/b24-11+/t13-/m1/s1. The average molecular weight is 403 g/mol. The second-order valence-electron chi connectivity index (χ2n) is 7.91. The largest absolute Gasteiger partial charge is 0.503 e. The Morgan fingerprint density at radius 3 is 2.78 bits per heavy atom. The number of halogens is 1. The van der Waals surface area contributed by atoms with Crippen LogP contribution in [-0.2, 0) is 12.8 Å². The van der Waals surface area contributed by atoms with Gasteiger partial charge in [-0.15, -0.1) is 11.3 Å². The zero-order valence-electron chi connectivity index (χ0n) is 16.0. The number of fused-ring (bicyclic) bond motifs is 1. The molecule has 0 aliphatic heterocycles. The summed E-state index contributed by atoms with van der Waals surface area (Å²) in [6.07, 6.45) is 4.71. The molecule has 4 nitrogen and oxygen atoms in total. The first kappa shape index (κ1) is 19.7. The number of benzene rings is 1. The molecule has 1 aromatic heterocycles. The molecule has 1 aromatic carbocycles. The third-order valence-electron chi connectivity index (χ3n) is 5.18. The minimum atomic E-state index is -0.0890. The summed E-state index contributed by atoms with van der Waals surface area (Å²) in [7, 11) is 1.47. The van der Waals surface area contributed by atoms with Crippen LogP contribution in [0.25, 0.3) is 0 Å². The third kappa shape index (κ3) is 3.97. The van der Waals surface area contributed by atoms with Crippen molar-refractivity contribution in [1.29, 1.82) is 5.26 Å². The molecule has 142 valence electrons. The number of nitrogens with zero attached hydrogens (tertiary/aromatic N) is 2. The van der Waals surface area contributed by atoms with E-state index in [1.54, 1.807) is 29.7 Å². The molecule has 0 unspecified atom stereocenters. The summed E-state index contributed by atoms with van der Waals surface area (Å²) in [6.45, 7) is 6.84. The molecule has 0 saturated carbocycles. The summed E-state index contributed by atoms with van der Waals surface area (Å²) in [4.78, 5) is 5.84. The quantitative estimate of drug-likeness (QED) is 0.651. The van der Waals surface area contributed by atoms with Crippen molar-refractivity contribution in [1.82, 2.24) is 0 Å². The lowest BCUT2D eigenvalue weighted by atomic mass is 9.72. The van der Waals surface area contributed by atoms with Crippen molar-refractivity contribution in [3.63, 3.8) is 0 Å². The Bertz CT molecular complexity index is 935. The maximum absolute atomic E-state index is 9.85. The molecule has 0 saturated heterocycles. The minimum Gasteiger partial charge on any atom is -0.503 e. The van der Waals surface area contributed by atoms with Gasteiger partial charge in [0.15, 0.2) is 11.5 Å². The van der Waals surface area contributed by atoms with Gasteiger partial charge in [0.25, 0.3) is 0 Å². The van der Waals surface area contributed by atoms with Crippen molar-refractivity contribution in [2.75, 3.05) is 7.11 Å². The Labute approximate surface area is 169 Å². The number of aliphatic imine (C=N–C) groups is 1. The Morgan fingerprint density at radius 1 is 1.41 bits per heavy atom. The lowest BCUT2D eigenvalue weighted by molar-refractivity contribution is 0.218. The Hall–Kier alpha value is -2.03. The molecule has 1 aliphatic carbocycles. The maximum Gasteiger partial charge on any atom is 0.176 e. The lowest BCUT2D eigenvalue weighted by Crippen LogP contribution is -2.26. The number of aromatic hydroxyl groups is 1. The van der Waals surface area contributed by atoms with Crippen LogP contribution in [0.2, 0.25) is 5.02 Å². The summed E-state index contributed by atoms with van der Waals surface area (Å²) < 4.78 is 5.13. The molecule has 0 radical (unpaired) electrons. The second-order valence-corrected chi connectivity index (χ2v) is 9.40. The average Bonchev–Trinajstić information content (AvgIpc) is 2.98. The highest BCUT2D eigenvalue weighted by Gasteiger charge is 2.32. The van der Waals surface area contributed by atoms with Gasteiger partial charge >= 0.3 is 0 Å². The monoisotopic (exact) mass is 402 g/mol. The van der Waals surface area contributed by atoms with Gasteiger partial charge in [0, 0.05) is 11.1 Å². The molecule has 0 spiro atoms. The Kier molecular flexibility index (Phi) is 5.50. The van der Waals surface area contributed by atoms with Crippen molar-refractivity contribution in [3.05, 3.63) is 38.7 Å². The highest BCUT2D eigenvalue weighted by Crippen LogP contribution is 2.45. The van der Waals surface area contributed by atoms with Gasteiger partial charge in [0.1, 0.15) is 11.1 Å². The minimum absolute atomic E-state index is 0.0890. The second kappa shape index (κ2) is 7.53. The first-order chi connectivity index (χ1) is 12.7. The van der Waals surface area contributed by atoms with Crippen LogP contribution in [0.15, 0.2) is 17.1 Å².